The van der Waals surface area contributed by atoms with E-state index in [1.807, 2.05) is 0 Å². The molecule has 2 saturated carbocycles. The fourth-order valence-corrected chi connectivity index (χ4v) is 6.35. The Balaban J connectivity index is 1.30. The van der Waals surface area contributed by atoms with Gasteiger partial charge in [0.25, 0.3) is 0 Å². The summed E-state index contributed by atoms with van der Waals surface area (Å²) in [6, 6.07) is 12.0. The molecule has 10 heteroatoms. The van der Waals surface area contributed by atoms with E-state index < -0.39 is 40.9 Å². The largest absolute Gasteiger partial charge is 0.460 e. The van der Waals surface area contributed by atoms with E-state index in [9.17, 15) is 18.4 Å². The number of benzene rings is 2. The van der Waals surface area contributed by atoms with Gasteiger partial charge in [-0.15, -0.1) is 0 Å². The van der Waals surface area contributed by atoms with Gasteiger partial charge in [-0.05, 0) is 24.5 Å². The van der Waals surface area contributed by atoms with Crippen LogP contribution in [0.5, 0.6) is 0 Å². The molecule has 35 heavy (non-hydrogen) atoms. The monoisotopic (exact) mass is 499 g/mol. The minimum atomic E-state index is -1.45. The number of carbonyl (C=O) groups excluding carboxylic acids is 2. The molecule has 1 heterocycles. The SMILES string of the molecule is N[C@@]1(C(=O)OCc2ccccc2F)C[C@H](SC2=NCC=N2)[C@H]2[C@H](C(=O)OCc3ccccc3F)[C@H]21. The van der Waals surface area contributed by atoms with Crippen molar-refractivity contribution in [2.75, 3.05) is 6.54 Å². The van der Waals surface area contributed by atoms with Gasteiger partial charge < -0.3 is 15.2 Å². The number of esters is 2. The van der Waals surface area contributed by atoms with Gasteiger partial charge in [0.15, 0.2) is 5.17 Å². The zero-order valence-corrected chi connectivity index (χ0v) is 19.4. The number of fused-ring (bicyclic) bond motifs is 1. The lowest BCUT2D eigenvalue weighted by Gasteiger charge is -2.27. The van der Waals surface area contributed by atoms with Gasteiger partial charge in [0, 0.05) is 28.5 Å². The summed E-state index contributed by atoms with van der Waals surface area (Å²) in [6.45, 7) is 0.000317. The molecule has 182 valence electrons. The number of thioether (sulfide) groups is 1. The molecule has 2 N–H and O–H groups in total. The first-order valence-electron chi connectivity index (χ1n) is 11.2. The van der Waals surface area contributed by atoms with Gasteiger partial charge in [0.05, 0.1) is 12.5 Å². The second-order valence-corrected chi connectivity index (χ2v) is 10.0. The minimum absolute atomic E-state index is 0.203. The Morgan fingerprint density at radius 1 is 1.03 bits per heavy atom. The third-order valence-corrected chi connectivity index (χ3v) is 7.93. The van der Waals surface area contributed by atoms with E-state index >= 15 is 0 Å². The highest BCUT2D eigenvalue weighted by molar-refractivity contribution is 8.14. The first kappa shape index (κ1) is 23.6. The molecule has 0 aromatic heterocycles. The summed E-state index contributed by atoms with van der Waals surface area (Å²) in [5, 5.41) is 0.370. The van der Waals surface area contributed by atoms with Crippen molar-refractivity contribution in [2.45, 2.75) is 30.4 Å². The van der Waals surface area contributed by atoms with Crippen molar-refractivity contribution >= 4 is 35.1 Å². The summed E-state index contributed by atoms with van der Waals surface area (Å²) < 4.78 is 38.7. The van der Waals surface area contributed by atoms with Gasteiger partial charge in [0.2, 0.25) is 0 Å². The number of aliphatic imine (C=N–C) groups is 2. The van der Waals surface area contributed by atoms with Crippen LogP contribution >= 0.6 is 11.8 Å². The van der Waals surface area contributed by atoms with E-state index in [0.717, 1.165) is 0 Å². The predicted molar refractivity (Wildman–Crippen MR) is 127 cm³/mol. The molecule has 0 radical (unpaired) electrons. The average molecular weight is 500 g/mol. The summed E-state index contributed by atoms with van der Waals surface area (Å²) in [5.74, 6) is -3.56. The van der Waals surface area contributed by atoms with Crippen LogP contribution in [0.3, 0.4) is 0 Å². The molecule has 0 spiro atoms. The van der Waals surface area contributed by atoms with Crippen molar-refractivity contribution in [3.8, 4) is 0 Å². The number of amidine groups is 1. The highest BCUT2D eigenvalue weighted by Gasteiger charge is 2.74. The average Bonchev–Trinajstić information content (AvgIpc) is 3.27. The maximum atomic E-state index is 14.0. The molecule has 7 nitrogen and oxygen atoms in total. The molecule has 2 aliphatic carbocycles. The number of halogens is 2. The summed E-state index contributed by atoms with van der Waals surface area (Å²) >= 11 is 1.38. The van der Waals surface area contributed by atoms with Crippen molar-refractivity contribution in [1.29, 1.82) is 0 Å². The molecule has 2 aromatic carbocycles. The standard InChI is InChI=1S/C25H23F2N3O4S/c26-16-7-3-1-5-14(16)12-33-22(31)20-19-18(35-24-29-9-10-30-24)11-25(28,21(19)20)23(32)34-13-15-6-2-4-8-17(15)27/h1-9,18-21H,10-13,28H2/t18-,19-,20-,21-,25-/m0/s1. The van der Waals surface area contributed by atoms with Crippen LogP contribution < -0.4 is 5.73 Å². The molecule has 2 fully saturated rings. The maximum absolute atomic E-state index is 14.0. The second kappa shape index (κ2) is 9.50. The normalized spacial score (nSPS) is 28.4. The Morgan fingerprint density at radius 2 is 1.66 bits per heavy atom. The summed E-state index contributed by atoms with van der Waals surface area (Å²) in [6.07, 6.45) is 1.94. The molecule has 0 amide bonds. The van der Waals surface area contributed by atoms with Gasteiger partial charge in [-0.2, -0.15) is 0 Å². The van der Waals surface area contributed by atoms with E-state index in [2.05, 4.69) is 9.98 Å². The first-order valence-corrected chi connectivity index (χ1v) is 12.1. The van der Waals surface area contributed by atoms with Crippen molar-refractivity contribution in [1.82, 2.24) is 0 Å². The van der Waals surface area contributed by atoms with Gasteiger partial charge in [0.1, 0.15) is 30.4 Å². The van der Waals surface area contributed by atoms with Gasteiger partial charge >= 0.3 is 11.9 Å². The Morgan fingerprint density at radius 3 is 2.26 bits per heavy atom. The molecular formula is C25H23F2N3O4S. The fourth-order valence-electron chi connectivity index (χ4n) is 4.94. The Bertz CT molecular complexity index is 1220. The van der Waals surface area contributed by atoms with Gasteiger partial charge in [-0.3, -0.25) is 14.6 Å². The van der Waals surface area contributed by atoms with Crippen LogP contribution in [-0.2, 0) is 32.3 Å². The van der Waals surface area contributed by atoms with Crippen LogP contribution in [0.1, 0.15) is 17.5 Å². The van der Waals surface area contributed by atoms with E-state index in [1.54, 1.807) is 36.5 Å². The van der Waals surface area contributed by atoms with Crippen LogP contribution in [-0.4, -0.2) is 40.7 Å². The summed E-state index contributed by atoms with van der Waals surface area (Å²) in [7, 11) is 0. The van der Waals surface area contributed by atoms with Crippen molar-refractivity contribution < 1.29 is 27.8 Å². The lowest BCUT2D eigenvalue weighted by atomic mass is 9.91. The Labute approximate surface area is 204 Å². The zero-order valence-electron chi connectivity index (χ0n) is 18.6. The second-order valence-electron chi connectivity index (χ2n) is 8.83. The van der Waals surface area contributed by atoms with Crippen molar-refractivity contribution in [3.05, 3.63) is 71.3 Å². The third kappa shape index (κ3) is 4.60. The number of nitrogens with two attached hydrogens (primary N) is 1. The number of rotatable bonds is 7. The molecule has 0 unspecified atom stereocenters. The highest BCUT2D eigenvalue weighted by atomic mass is 32.2. The molecule has 5 rings (SSSR count). The number of hydrogen-bond donors (Lipinski definition) is 1. The molecular weight excluding hydrogens is 476 g/mol. The molecule has 3 aliphatic rings. The number of ether oxygens (including phenoxy) is 2. The van der Waals surface area contributed by atoms with Crippen LogP contribution in [0.4, 0.5) is 8.78 Å². The molecule has 2 aromatic rings. The Kier molecular flexibility index (Phi) is 6.41. The van der Waals surface area contributed by atoms with E-state index in [4.69, 9.17) is 15.2 Å². The van der Waals surface area contributed by atoms with E-state index in [-0.39, 0.29) is 41.9 Å². The maximum Gasteiger partial charge on any atom is 0.326 e. The van der Waals surface area contributed by atoms with Crippen molar-refractivity contribution in [2.24, 2.45) is 33.5 Å². The lowest BCUT2D eigenvalue weighted by Crippen LogP contribution is -2.51. The first-order chi connectivity index (χ1) is 16.9. The summed E-state index contributed by atoms with van der Waals surface area (Å²) in [5.41, 5.74) is 5.63. The van der Waals surface area contributed by atoms with E-state index in [1.165, 1.54) is 30.0 Å². The molecule has 1 aliphatic heterocycles. The molecule has 5 atom stereocenters. The fraction of sp³-hybridized carbons (Fsp3) is 0.360. The van der Waals surface area contributed by atoms with E-state index in [0.29, 0.717) is 11.7 Å². The predicted octanol–water partition coefficient (Wildman–Crippen LogP) is 3.26. The highest BCUT2D eigenvalue weighted by Crippen LogP contribution is 2.65. The minimum Gasteiger partial charge on any atom is -0.460 e. The topological polar surface area (TPSA) is 103 Å². The zero-order chi connectivity index (χ0) is 24.6. The summed E-state index contributed by atoms with van der Waals surface area (Å²) in [4.78, 5) is 34.6. The van der Waals surface area contributed by atoms with Crippen molar-refractivity contribution in [3.63, 3.8) is 0 Å². The smallest absolute Gasteiger partial charge is 0.326 e. The lowest BCUT2D eigenvalue weighted by molar-refractivity contribution is -0.153. The Hall–Kier alpha value is -3.11. The van der Waals surface area contributed by atoms with Crippen LogP contribution in [0.2, 0.25) is 0 Å². The van der Waals surface area contributed by atoms with Crippen LogP contribution in [0, 0.1) is 29.4 Å². The van der Waals surface area contributed by atoms with Crippen LogP contribution in [0.25, 0.3) is 0 Å². The van der Waals surface area contributed by atoms with Crippen LogP contribution in [0.15, 0.2) is 58.5 Å². The molecule has 0 bridgehead atoms. The van der Waals surface area contributed by atoms with Gasteiger partial charge in [-0.25, -0.2) is 13.8 Å². The number of hydrogen-bond acceptors (Lipinski definition) is 8. The van der Waals surface area contributed by atoms with Gasteiger partial charge in [-0.1, -0.05) is 48.2 Å². The molecule has 0 saturated heterocycles. The quantitative estimate of drug-likeness (QED) is 0.587. The number of carbonyl (C=O) groups is 2. The number of nitrogens with zero attached hydrogens (tertiary/aromatic N) is 2. The third-order valence-electron chi connectivity index (χ3n) is 6.70.